The van der Waals surface area contributed by atoms with E-state index in [0.717, 1.165) is 27.6 Å². The average Bonchev–Trinajstić information content (AvgIpc) is 3.24. The van der Waals surface area contributed by atoms with Gasteiger partial charge < -0.3 is 14.2 Å². The summed E-state index contributed by atoms with van der Waals surface area (Å²) in [5, 5.41) is 0.858. The van der Waals surface area contributed by atoms with E-state index in [1.807, 2.05) is 52.0 Å². The molecule has 222 valence electrons. The third kappa shape index (κ3) is 6.74. The Bertz CT molecular complexity index is 1540. The van der Waals surface area contributed by atoms with Crippen LogP contribution in [0.2, 0.25) is 0 Å². The monoisotopic (exact) mass is 585 g/mol. The summed E-state index contributed by atoms with van der Waals surface area (Å²) in [7, 11) is -0.484. The van der Waals surface area contributed by atoms with Crippen molar-refractivity contribution in [3.8, 4) is 5.75 Å². The highest BCUT2D eigenvalue weighted by Crippen LogP contribution is 2.36. The Morgan fingerprint density at radius 3 is 2.32 bits per heavy atom. The van der Waals surface area contributed by atoms with Gasteiger partial charge in [-0.15, -0.1) is 0 Å². The van der Waals surface area contributed by atoms with Crippen LogP contribution in [-0.2, 0) is 26.0 Å². The molecule has 4 rings (SSSR count). The first kappa shape index (κ1) is 30.5. The molecular weight excluding hydrogens is 546 g/mol. The van der Waals surface area contributed by atoms with Gasteiger partial charge in [-0.1, -0.05) is 12.1 Å². The van der Waals surface area contributed by atoms with Crippen LogP contribution in [0, 0.1) is 6.92 Å². The van der Waals surface area contributed by atoms with Crippen molar-refractivity contribution >= 4 is 33.0 Å². The van der Waals surface area contributed by atoms with Gasteiger partial charge >= 0.3 is 12.1 Å². The lowest BCUT2D eigenvalue weighted by atomic mass is 10.00. The maximum atomic E-state index is 13.1. The standard InChI is InChI=1S/C30H39N3O7S/c1-20-17-26(38-5)24(23-13-16-33(27(20)23)29(35)40-30(2,3)4)18-31-14-8-15-32(41(7,36)37)19-25(31)21-9-11-22(12-10-21)28(34)39-6/h9-13,16-17,25H,8,14-15,18-19H2,1-7H3. The molecule has 1 unspecified atom stereocenters. The number of rotatable bonds is 6. The predicted octanol–water partition coefficient (Wildman–Crippen LogP) is 4.74. The first-order valence-electron chi connectivity index (χ1n) is 13.5. The predicted molar refractivity (Wildman–Crippen MR) is 157 cm³/mol. The summed E-state index contributed by atoms with van der Waals surface area (Å²) >= 11 is 0. The first-order valence-corrected chi connectivity index (χ1v) is 15.4. The van der Waals surface area contributed by atoms with Gasteiger partial charge in [0.25, 0.3) is 0 Å². The molecule has 0 aliphatic carbocycles. The molecule has 41 heavy (non-hydrogen) atoms. The minimum Gasteiger partial charge on any atom is -0.496 e. The highest BCUT2D eigenvalue weighted by molar-refractivity contribution is 7.88. The Balaban J connectivity index is 1.79. The minimum absolute atomic E-state index is 0.257. The largest absolute Gasteiger partial charge is 0.496 e. The van der Waals surface area contributed by atoms with Crippen LogP contribution in [0.3, 0.4) is 0 Å². The van der Waals surface area contributed by atoms with Gasteiger partial charge in [0.2, 0.25) is 10.0 Å². The number of carbonyl (C=O) groups excluding carboxylic acids is 2. The Morgan fingerprint density at radius 2 is 1.73 bits per heavy atom. The third-order valence-electron chi connectivity index (χ3n) is 7.26. The zero-order chi connectivity index (χ0) is 30.1. The molecule has 0 radical (unpaired) electrons. The van der Waals surface area contributed by atoms with Crippen LogP contribution < -0.4 is 4.74 Å². The summed E-state index contributed by atoms with van der Waals surface area (Å²) in [6, 6.07) is 10.6. The molecule has 1 aromatic heterocycles. The fourth-order valence-corrected chi connectivity index (χ4v) is 6.22. The molecule has 2 aromatic carbocycles. The molecule has 3 aromatic rings. The Kier molecular flexibility index (Phi) is 8.81. The van der Waals surface area contributed by atoms with Crippen molar-refractivity contribution < 1.29 is 32.2 Å². The van der Waals surface area contributed by atoms with Crippen molar-refractivity contribution in [1.82, 2.24) is 13.8 Å². The van der Waals surface area contributed by atoms with Crippen LogP contribution in [0.1, 0.15) is 60.3 Å². The highest BCUT2D eigenvalue weighted by atomic mass is 32.2. The number of hydrogen-bond donors (Lipinski definition) is 0. The van der Waals surface area contributed by atoms with Gasteiger partial charge in [-0.2, -0.15) is 0 Å². The van der Waals surface area contributed by atoms with Crippen molar-refractivity contribution in [2.24, 2.45) is 0 Å². The fourth-order valence-electron chi connectivity index (χ4n) is 5.35. The van der Waals surface area contributed by atoms with Gasteiger partial charge in [-0.05, 0) is 69.5 Å². The number of sulfonamides is 1. The summed E-state index contributed by atoms with van der Waals surface area (Å²) in [4.78, 5) is 27.3. The second-order valence-corrected chi connectivity index (χ2v) is 13.4. The number of methoxy groups -OCH3 is 2. The van der Waals surface area contributed by atoms with E-state index in [0.29, 0.717) is 37.4 Å². The molecule has 11 heteroatoms. The lowest BCUT2D eigenvalue weighted by Gasteiger charge is -2.32. The molecule has 1 aliphatic rings. The molecular formula is C30H39N3O7S. The summed E-state index contributed by atoms with van der Waals surface area (Å²) < 4.78 is 44.6. The summed E-state index contributed by atoms with van der Waals surface area (Å²) in [5.74, 6) is 0.245. The quantitative estimate of drug-likeness (QED) is 0.382. The van der Waals surface area contributed by atoms with Gasteiger partial charge in [0.05, 0.1) is 31.6 Å². The molecule has 1 fully saturated rings. The molecule has 0 amide bonds. The van der Waals surface area contributed by atoms with E-state index >= 15 is 0 Å². The van der Waals surface area contributed by atoms with Gasteiger partial charge in [0.15, 0.2) is 0 Å². The van der Waals surface area contributed by atoms with E-state index < -0.39 is 27.7 Å². The van der Waals surface area contributed by atoms with Crippen molar-refractivity contribution in [3.63, 3.8) is 0 Å². The SMILES string of the molecule is COC(=O)c1ccc(C2CN(S(C)(=O)=O)CCCN2Cc2c(OC)cc(C)c3c2ccn3C(=O)OC(C)(C)C)cc1. The second-order valence-electron chi connectivity index (χ2n) is 11.4. The Labute approximate surface area is 241 Å². The molecule has 0 spiro atoms. The van der Waals surface area contributed by atoms with Crippen LogP contribution in [0.25, 0.3) is 10.9 Å². The fraction of sp³-hybridized carbons (Fsp3) is 0.467. The van der Waals surface area contributed by atoms with Crippen LogP contribution in [0.5, 0.6) is 5.75 Å². The van der Waals surface area contributed by atoms with E-state index in [1.165, 1.54) is 22.2 Å². The van der Waals surface area contributed by atoms with Gasteiger partial charge in [0, 0.05) is 49.4 Å². The Morgan fingerprint density at radius 1 is 1.05 bits per heavy atom. The molecule has 1 aliphatic heterocycles. The molecule has 0 bridgehead atoms. The van der Waals surface area contributed by atoms with Gasteiger partial charge in [0.1, 0.15) is 11.4 Å². The third-order valence-corrected chi connectivity index (χ3v) is 8.53. The van der Waals surface area contributed by atoms with E-state index in [9.17, 15) is 18.0 Å². The number of aromatic nitrogens is 1. The molecule has 2 heterocycles. The second kappa shape index (κ2) is 11.8. The first-order chi connectivity index (χ1) is 19.2. The zero-order valence-electron chi connectivity index (χ0n) is 24.8. The molecule has 0 N–H and O–H groups in total. The van der Waals surface area contributed by atoms with Gasteiger partial charge in [-0.25, -0.2) is 22.3 Å². The molecule has 1 saturated heterocycles. The zero-order valence-corrected chi connectivity index (χ0v) is 25.6. The number of ether oxygens (including phenoxy) is 3. The number of fused-ring (bicyclic) bond motifs is 1. The maximum absolute atomic E-state index is 13.1. The van der Waals surface area contributed by atoms with Crippen LogP contribution in [-0.4, -0.2) is 80.0 Å². The number of benzene rings is 2. The van der Waals surface area contributed by atoms with Crippen molar-refractivity contribution in [2.45, 2.75) is 52.3 Å². The van der Waals surface area contributed by atoms with E-state index in [-0.39, 0.29) is 12.6 Å². The maximum Gasteiger partial charge on any atom is 0.419 e. The normalized spacial score (nSPS) is 17.3. The van der Waals surface area contributed by atoms with E-state index in [4.69, 9.17) is 14.2 Å². The number of carbonyl (C=O) groups is 2. The van der Waals surface area contributed by atoms with Crippen LogP contribution >= 0.6 is 0 Å². The molecule has 10 nitrogen and oxygen atoms in total. The van der Waals surface area contributed by atoms with Gasteiger partial charge in [-0.3, -0.25) is 9.47 Å². The van der Waals surface area contributed by atoms with Crippen molar-refractivity contribution in [3.05, 3.63) is 64.8 Å². The molecule has 0 saturated carbocycles. The number of esters is 1. The number of aryl methyl sites for hydroxylation is 1. The smallest absolute Gasteiger partial charge is 0.419 e. The summed E-state index contributed by atoms with van der Waals surface area (Å²) in [6.45, 7) is 9.14. The van der Waals surface area contributed by atoms with Crippen molar-refractivity contribution in [1.29, 1.82) is 0 Å². The minimum atomic E-state index is -3.43. The van der Waals surface area contributed by atoms with E-state index in [1.54, 1.807) is 25.4 Å². The highest BCUT2D eigenvalue weighted by Gasteiger charge is 2.32. The van der Waals surface area contributed by atoms with E-state index in [2.05, 4.69) is 4.90 Å². The number of hydrogen-bond acceptors (Lipinski definition) is 8. The summed E-state index contributed by atoms with van der Waals surface area (Å²) in [5.41, 5.74) is 3.14. The Hall–Kier alpha value is -3.41. The molecule has 1 atom stereocenters. The van der Waals surface area contributed by atoms with Crippen LogP contribution in [0.4, 0.5) is 4.79 Å². The van der Waals surface area contributed by atoms with Crippen LogP contribution in [0.15, 0.2) is 42.6 Å². The average molecular weight is 586 g/mol. The lowest BCUT2D eigenvalue weighted by Crippen LogP contribution is -2.37. The topological polar surface area (TPSA) is 107 Å². The lowest BCUT2D eigenvalue weighted by molar-refractivity contribution is 0.0542. The summed E-state index contributed by atoms with van der Waals surface area (Å²) in [6.07, 6.45) is 3.12. The van der Waals surface area contributed by atoms with Crippen molar-refractivity contribution in [2.75, 3.05) is 40.1 Å². The number of nitrogens with zero attached hydrogens (tertiary/aromatic N) is 3.